The van der Waals surface area contributed by atoms with Crippen LogP contribution in [-0.2, 0) is 6.42 Å². The van der Waals surface area contributed by atoms with Gasteiger partial charge in [-0.05, 0) is 56.2 Å². The number of methoxy groups -OCH3 is 1. The second-order valence-corrected chi connectivity index (χ2v) is 7.43. The molecule has 0 unspecified atom stereocenters. The fraction of sp³-hybridized carbons (Fsp3) is 0.304. The Hall–Kier alpha value is -3.36. The van der Waals surface area contributed by atoms with Gasteiger partial charge in [0.1, 0.15) is 5.56 Å². The fourth-order valence-electron chi connectivity index (χ4n) is 3.10. The highest BCUT2D eigenvalue weighted by atomic mass is 16.5. The van der Waals surface area contributed by atoms with Gasteiger partial charge in [-0.25, -0.2) is 4.79 Å². The minimum absolute atomic E-state index is 0.105. The van der Waals surface area contributed by atoms with E-state index in [2.05, 4.69) is 5.32 Å². The molecule has 2 aromatic carbocycles. The molecule has 0 fully saturated rings. The fourth-order valence-corrected chi connectivity index (χ4v) is 3.10. The Kier molecular flexibility index (Phi) is 6.94. The van der Waals surface area contributed by atoms with E-state index in [1.54, 1.807) is 36.4 Å². The summed E-state index contributed by atoms with van der Waals surface area (Å²) in [5.74, 6) is 0.163. The van der Waals surface area contributed by atoms with Crippen LogP contribution in [0, 0.1) is 0 Å². The molecule has 1 atom stereocenters. The largest absolute Gasteiger partial charge is 0.493 e. The number of anilines is 1. The van der Waals surface area contributed by atoms with Gasteiger partial charge >= 0.3 is 5.63 Å². The number of ether oxygens (including phenoxy) is 2. The molecule has 0 saturated carbocycles. The predicted octanol–water partition coefficient (Wildman–Crippen LogP) is 2.70. The van der Waals surface area contributed by atoms with E-state index in [0.717, 1.165) is 5.56 Å². The van der Waals surface area contributed by atoms with Crippen molar-refractivity contribution in [3.05, 3.63) is 64.0 Å². The maximum atomic E-state index is 12.7. The number of amides is 1. The molecule has 0 aliphatic heterocycles. The summed E-state index contributed by atoms with van der Waals surface area (Å²) in [5, 5.41) is 12.3. The summed E-state index contributed by atoms with van der Waals surface area (Å²) in [4.78, 5) is 25.2. The molecule has 8 heteroatoms. The van der Waals surface area contributed by atoms with Crippen LogP contribution in [-0.4, -0.2) is 36.9 Å². The van der Waals surface area contributed by atoms with Crippen molar-refractivity contribution in [2.75, 3.05) is 19.0 Å². The molecule has 31 heavy (non-hydrogen) atoms. The Labute approximate surface area is 179 Å². The SMILES string of the molecule is COc1ccc2cc(C(=O)Nc3ccc(C[C@@H](N)CO)cc3)c(=O)oc2c1OC(C)C. The van der Waals surface area contributed by atoms with E-state index in [-0.39, 0.29) is 29.9 Å². The quantitative estimate of drug-likeness (QED) is 0.473. The molecule has 1 heterocycles. The summed E-state index contributed by atoms with van der Waals surface area (Å²) in [6, 6.07) is 11.5. The Morgan fingerprint density at radius 1 is 1.19 bits per heavy atom. The van der Waals surface area contributed by atoms with Crippen LogP contribution in [0.25, 0.3) is 11.0 Å². The zero-order valence-corrected chi connectivity index (χ0v) is 17.7. The summed E-state index contributed by atoms with van der Waals surface area (Å²) in [6.45, 7) is 3.59. The van der Waals surface area contributed by atoms with Gasteiger partial charge in [-0.15, -0.1) is 0 Å². The van der Waals surface area contributed by atoms with Crippen LogP contribution in [0.3, 0.4) is 0 Å². The normalized spacial score (nSPS) is 12.1. The molecular weight excluding hydrogens is 400 g/mol. The number of nitrogens with one attached hydrogen (secondary N) is 1. The highest BCUT2D eigenvalue weighted by molar-refractivity contribution is 6.05. The molecule has 1 amide bonds. The molecular formula is C23H26N2O6. The Bertz CT molecular complexity index is 1120. The summed E-state index contributed by atoms with van der Waals surface area (Å²) in [7, 11) is 1.50. The van der Waals surface area contributed by atoms with Crippen molar-refractivity contribution in [3.63, 3.8) is 0 Å². The lowest BCUT2D eigenvalue weighted by molar-refractivity contribution is 0.102. The van der Waals surface area contributed by atoms with E-state index in [1.807, 2.05) is 13.8 Å². The summed E-state index contributed by atoms with van der Waals surface area (Å²) in [6.07, 6.45) is 0.353. The minimum atomic E-state index is -0.780. The van der Waals surface area contributed by atoms with Gasteiger partial charge in [-0.3, -0.25) is 4.79 Å². The first-order valence-corrected chi connectivity index (χ1v) is 9.90. The number of aliphatic hydroxyl groups excluding tert-OH is 1. The highest BCUT2D eigenvalue weighted by Crippen LogP contribution is 2.36. The van der Waals surface area contributed by atoms with Crippen LogP contribution in [0.5, 0.6) is 11.5 Å². The van der Waals surface area contributed by atoms with E-state index in [0.29, 0.717) is 29.0 Å². The average Bonchev–Trinajstić information content (AvgIpc) is 2.74. The molecule has 0 spiro atoms. The van der Waals surface area contributed by atoms with Crippen molar-refractivity contribution >= 4 is 22.6 Å². The molecule has 0 bridgehead atoms. The first kappa shape index (κ1) is 22.3. The number of nitrogens with two attached hydrogens (primary N) is 1. The smallest absolute Gasteiger partial charge is 0.349 e. The van der Waals surface area contributed by atoms with E-state index in [9.17, 15) is 9.59 Å². The third-order valence-corrected chi connectivity index (χ3v) is 4.58. The van der Waals surface area contributed by atoms with Crippen LogP contribution in [0.2, 0.25) is 0 Å². The molecule has 8 nitrogen and oxygen atoms in total. The lowest BCUT2D eigenvalue weighted by atomic mass is 10.1. The lowest BCUT2D eigenvalue weighted by Gasteiger charge is -2.15. The maximum Gasteiger partial charge on any atom is 0.349 e. The number of carbonyl (C=O) groups excluding carboxylic acids is 1. The Balaban J connectivity index is 1.88. The van der Waals surface area contributed by atoms with Crippen molar-refractivity contribution < 1.29 is 23.8 Å². The molecule has 3 rings (SSSR count). The zero-order chi connectivity index (χ0) is 22.5. The number of benzene rings is 2. The first-order chi connectivity index (χ1) is 14.8. The first-order valence-electron chi connectivity index (χ1n) is 9.90. The van der Waals surface area contributed by atoms with Gasteiger partial charge in [-0.2, -0.15) is 0 Å². The minimum Gasteiger partial charge on any atom is -0.493 e. The Morgan fingerprint density at radius 2 is 1.90 bits per heavy atom. The van der Waals surface area contributed by atoms with Crippen LogP contribution in [0.1, 0.15) is 29.8 Å². The topological polar surface area (TPSA) is 124 Å². The van der Waals surface area contributed by atoms with Gasteiger partial charge in [0.2, 0.25) is 5.75 Å². The molecule has 0 aliphatic rings. The van der Waals surface area contributed by atoms with E-state index >= 15 is 0 Å². The van der Waals surface area contributed by atoms with Crippen LogP contribution >= 0.6 is 0 Å². The van der Waals surface area contributed by atoms with Crippen molar-refractivity contribution in [3.8, 4) is 11.5 Å². The van der Waals surface area contributed by atoms with Gasteiger partial charge < -0.3 is 30.0 Å². The highest BCUT2D eigenvalue weighted by Gasteiger charge is 2.19. The summed E-state index contributed by atoms with van der Waals surface area (Å²) in [5.41, 5.74) is 6.50. The third-order valence-electron chi connectivity index (χ3n) is 4.58. The van der Waals surface area contributed by atoms with Gasteiger partial charge in [0.15, 0.2) is 11.3 Å². The standard InChI is InChI=1S/C23H26N2O6/c1-13(2)30-21-19(29-3)9-6-15-11-18(23(28)31-20(15)21)22(27)25-17-7-4-14(5-8-17)10-16(24)12-26/h4-9,11,13,16,26H,10,12,24H2,1-3H3,(H,25,27)/t16-/m1/s1. The van der Waals surface area contributed by atoms with E-state index in [1.165, 1.54) is 13.2 Å². The number of hydrogen-bond donors (Lipinski definition) is 3. The van der Waals surface area contributed by atoms with Gasteiger partial charge in [-0.1, -0.05) is 12.1 Å². The third kappa shape index (κ3) is 5.22. The van der Waals surface area contributed by atoms with Crippen molar-refractivity contribution in [2.45, 2.75) is 32.4 Å². The average molecular weight is 426 g/mol. The van der Waals surface area contributed by atoms with Crippen molar-refractivity contribution in [1.29, 1.82) is 0 Å². The molecule has 0 saturated heterocycles. The van der Waals surface area contributed by atoms with E-state index < -0.39 is 11.5 Å². The monoisotopic (exact) mass is 426 g/mol. The number of fused-ring (bicyclic) bond motifs is 1. The van der Waals surface area contributed by atoms with Crippen LogP contribution < -0.4 is 26.1 Å². The molecule has 4 N–H and O–H groups in total. The van der Waals surface area contributed by atoms with Gasteiger partial charge in [0.25, 0.3) is 5.91 Å². The molecule has 3 aromatic rings. The number of carbonyl (C=O) groups is 1. The molecule has 0 aliphatic carbocycles. The molecule has 1 aromatic heterocycles. The van der Waals surface area contributed by atoms with Crippen LogP contribution in [0.4, 0.5) is 5.69 Å². The summed E-state index contributed by atoms with van der Waals surface area (Å²) < 4.78 is 16.5. The molecule has 164 valence electrons. The van der Waals surface area contributed by atoms with Gasteiger partial charge in [0, 0.05) is 17.1 Å². The number of aliphatic hydroxyl groups is 1. The van der Waals surface area contributed by atoms with Crippen molar-refractivity contribution in [2.24, 2.45) is 5.73 Å². The maximum absolute atomic E-state index is 12.7. The van der Waals surface area contributed by atoms with E-state index in [4.69, 9.17) is 24.7 Å². The second kappa shape index (κ2) is 9.63. The lowest BCUT2D eigenvalue weighted by Crippen LogP contribution is -2.26. The second-order valence-electron chi connectivity index (χ2n) is 7.43. The zero-order valence-electron chi connectivity index (χ0n) is 17.7. The predicted molar refractivity (Wildman–Crippen MR) is 118 cm³/mol. The summed E-state index contributed by atoms with van der Waals surface area (Å²) >= 11 is 0. The number of rotatable bonds is 8. The van der Waals surface area contributed by atoms with Crippen LogP contribution in [0.15, 0.2) is 51.7 Å². The number of hydrogen-bond acceptors (Lipinski definition) is 7. The van der Waals surface area contributed by atoms with Gasteiger partial charge in [0.05, 0.1) is 19.8 Å². The van der Waals surface area contributed by atoms with Crippen molar-refractivity contribution in [1.82, 2.24) is 0 Å². The molecule has 0 radical (unpaired) electrons. The Morgan fingerprint density at radius 3 is 2.52 bits per heavy atom.